The molecule has 1 amide bonds. The number of anilines is 1. The summed E-state index contributed by atoms with van der Waals surface area (Å²) in [5.41, 5.74) is 3.05. The highest BCUT2D eigenvalue weighted by molar-refractivity contribution is 5.97. The first-order chi connectivity index (χ1) is 10.1. The van der Waals surface area contributed by atoms with Crippen LogP contribution in [0, 0.1) is 0 Å². The van der Waals surface area contributed by atoms with Crippen molar-refractivity contribution >= 4 is 11.6 Å². The Morgan fingerprint density at radius 3 is 2.86 bits per heavy atom. The zero-order valence-electron chi connectivity index (χ0n) is 11.9. The van der Waals surface area contributed by atoms with Gasteiger partial charge in [-0.25, -0.2) is 15.0 Å². The molecule has 0 fully saturated rings. The predicted molar refractivity (Wildman–Crippen MR) is 76.4 cm³/mol. The van der Waals surface area contributed by atoms with E-state index in [1.807, 2.05) is 13.8 Å². The van der Waals surface area contributed by atoms with Crippen LogP contribution in [-0.2, 0) is 6.42 Å². The third-order valence-electron chi connectivity index (χ3n) is 2.81. The van der Waals surface area contributed by atoms with Gasteiger partial charge < -0.3 is 10.7 Å². The number of nitrogens with two attached hydrogens (primary N) is 1. The summed E-state index contributed by atoms with van der Waals surface area (Å²) in [4.78, 5) is 24.6. The Labute approximate surface area is 121 Å². The minimum atomic E-state index is -0.313. The van der Waals surface area contributed by atoms with Crippen molar-refractivity contribution in [2.24, 2.45) is 5.84 Å². The van der Waals surface area contributed by atoms with Crippen LogP contribution >= 0.6 is 0 Å². The highest BCUT2D eigenvalue weighted by atomic mass is 16.1. The smallest absolute Gasteiger partial charge is 0.272 e. The lowest BCUT2D eigenvalue weighted by molar-refractivity contribution is 0.0949. The zero-order chi connectivity index (χ0) is 15.2. The van der Waals surface area contributed by atoms with Gasteiger partial charge in [0, 0.05) is 18.9 Å². The first-order valence-corrected chi connectivity index (χ1v) is 6.57. The van der Waals surface area contributed by atoms with E-state index in [2.05, 4.69) is 35.9 Å². The molecular formula is C12H18N8O. The van der Waals surface area contributed by atoms with E-state index >= 15 is 0 Å². The second kappa shape index (κ2) is 6.75. The largest absolute Gasteiger partial charge is 0.350 e. The molecule has 0 aliphatic heterocycles. The number of aromatic amines is 1. The summed E-state index contributed by atoms with van der Waals surface area (Å²) in [5.74, 6) is 6.50. The molecule has 0 aromatic carbocycles. The van der Waals surface area contributed by atoms with Crippen molar-refractivity contribution in [1.29, 1.82) is 0 Å². The van der Waals surface area contributed by atoms with Crippen molar-refractivity contribution in [3.63, 3.8) is 0 Å². The molecule has 0 aliphatic carbocycles. The van der Waals surface area contributed by atoms with Crippen LogP contribution in [0.5, 0.6) is 0 Å². The van der Waals surface area contributed by atoms with Crippen molar-refractivity contribution in [1.82, 2.24) is 30.5 Å². The lowest BCUT2D eigenvalue weighted by Gasteiger charge is -2.11. The molecule has 9 nitrogen and oxygen atoms in total. The molecule has 0 bridgehead atoms. The van der Waals surface area contributed by atoms with Gasteiger partial charge in [0.15, 0.2) is 5.69 Å². The number of nitrogens with zero attached hydrogens (tertiary/aromatic N) is 4. The number of nitrogens with one attached hydrogen (secondary N) is 3. The van der Waals surface area contributed by atoms with Crippen LogP contribution < -0.4 is 16.6 Å². The van der Waals surface area contributed by atoms with Crippen LogP contribution in [0.2, 0.25) is 0 Å². The van der Waals surface area contributed by atoms with Crippen LogP contribution in [0.1, 0.15) is 41.9 Å². The van der Waals surface area contributed by atoms with Crippen LogP contribution in [0.3, 0.4) is 0 Å². The Kier molecular flexibility index (Phi) is 4.77. The molecule has 0 atom stereocenters. The number of carbonyl (C=O) groups excluding carboxylic acids is 1. The Bertz CT molecular complexity index is 595. The first-order valence-electron chi connectivity index (χ1n) is 6.57. The van der Waals surface area contributed by atoms with Gasteiger partial charge >= 0.3 is 0 Å². The SMILES string of the molecule is CC(C)c1ncc(NN)c(C(=O)NCCc2ncn[nH]2)n1. The van der Waals surface area contributed by atoms with Crippen LogP contribution in [0.15, 0.2) is 12.5 Å². The summed E-state index contributed by atoms with van der Waals surface area (Å²) in [6.45, 7) is 4.33. The lowest BCUT2D eigenvalue weighted by atomic mass is 10.2. The molecule has 0 unspecified atom stereocenters. The molecule has 2 aromatic heterocycles. The highest BCUT2D eigenvalue weighted by Crippen LogP contribution is 2.15. The van der Waals surface area contributed by atoms with Gasteiger partial charge in [-0.2, -0.15) is 5.10 Å². The van der Waals surface area contributed by atoms with Crippen LogP contribution in [-0.4, -0.2) is 37.6 Å². The number of H-pyrrole nitrogens is 1. The van der Waals surface area contributed by atoms with E-state index in [-0.39, 0.29) is 17.5 Å². The number of amides is 1. The zero-order valence-corrected chi connectivity index (χ0v) is 11.9. The normalized spacial score (nSPS) is 10.7. The summed E-state index contributed by atoms with van der Waals surface area (Å²) < 4.78 is 0. The van der Waals surface area contributed by atoms with E-state index in [1.165, 1.54) is 12.5 Å². The molecule has 9 heteroatoms. The lowest BCUT2D eigenvalue weighted by Crippen LogP contribution is -2.29. The predicted octanol–water partition coefficient (Wildman–Crippen LogP) is -0.0238. The average molecular weight is 290 g/mol. The minimum absolute atomic E-state index is 0.123. The molecule has 112 valence electrons. The maximum atomic E-state index is 12.2. The molecule has 5 N–H and O–H groups in total. The standard InChI is InChI=1S/C12H18N8O/c1-7(2)11-15-5-8(19-13)10(18-11)12(21)14-4-3-9-16-6-17-20-9/h5-7,19H,3-4,13H2,1-2H3,(H,14,21)(H,16,17,20). The molecule has 21 heavy (non-hydrogen) atoms. The van der Waals surface area contributed by atoms with Crippen molar-refractivity contribution in [3.8, 4) is 0 Å². The molecule has 0 radical (unpaired) electrons. The minimum Gasteiger partial charge on any atom is -0.350 e. The van der Waals surface area contributed by atoms with E-state index in [4.69, 9.17) is 5.84 Å². The van der Waals surface area contributed by atoms with Crippen LogP contribution in [0.25, 0.3) is 0 Å². The van der Waals surface area contributed by atoms with Crippen molar-refractivity contribution < 1.29 is 4.79 Å². The van der Waals surface area contributed by atoms with E-state index in [0.29, 0.717) is 30.3 Å². The molecular weight excluding hydrogens is 272 g/mol. The Balaban J connectivity index is 2.04. The van der Waals surface area contributed by atoms with Crippen molar-refractivity contribution in [3.05, 3.63) is 29.9 Å². The fraction of sp³-hybridized carbons (Fsp3) is 0.417. The van der Waals surface area contributed by atoms with Crippen molar-refractivity contribution in [2.45, 2.75) is 26.2 Å². The van der Waals surface area contributed by atoms with Gasteiger partial charge in [0.05, 0.1) is 11.9 Å². The van der Waals surface area contributed by atoms with Gasteiger partial charge in [0.1, 0.15) is 18.0 Å². The molecule has 2 aromatic rings. The monoisotopic (exact) mass is 290 g/mol. The summed E-state index contributed by atoms with van der Waals surface area (Å²) in [7, 11) is 0. The number of hydrogen-bond donors (Lipinski definition) is 4. The number of hydrazine groups is 1. The third-order valence-corrected chi connectivity index (χ3v) is 2.81. The third kappa shape index (κ3) is 3.72. The van der Waals surface area contributed by atoms with Crippen molar-refractivity contribution in [2.75, 3.05) is 12.0 Å². The number of hydrogen-bond acceptors (Lipinski definition) is 7. The van der Waals surface area contributed by atoms with Gasteiger partial charge in [0.2, 0.25) is 0 Å². The van der Waals surface area contributed by atoms with Gasteiger partial charge in [-0.15, -0.1) is 0 Å². The van der Waals surface area contributed by atoms with E-state index in [9.17, 15) is 4.79 Å². The number of aromatic nitrogens is 5. The van der Waals surface area contributed by atoms with Gasteiger partial charge in [-0.1, -0.05) is 13.8 Å². The van der Waals surface area contributed by atoms with E-state index in [1.54, 1.807) is 0 Å². The average Bonchev–Trinajstić information content (AvgIpc) is 2.99. The summed E-state index contributed by atoms with van der Waals surface area (Å²) >= 11 is 0. The first kappa shape index (κ1) is 14.9. The van der Waals surface area contributed by atoms with Gasteiger partial charge in [0.25, 0.3) is 5.91 Å². The molecule has 0 aliphatic rings. The summed E-state index contributed by atoms with van der Waals surface area (Å²) in [6, 6.07) is 0. The number of rotatable bonds is 6. The maximum Gasteiger partial charge on any atom is 0.272 e. The fourth-order valence-electron chi connectivity index (χ4n) is 1.68. The molecule has 0 saturated carbocycles. The highest BCUT2D eigenvalue weighted by Gasteiger charge is 2.15. The second-order valence-electron chi connectivity index (χ2n) is 4.73. The Morgan fingerprint density at radius 2 is 2.24 bits per heavy atom. The Hall–Kier alpha value is -2.55. The topological polar surface area (TPSA) is 134 Å². The molecule has 0 saturated heterocycles. The van der Waals surface area contributed by atoms with E-state index in [0.717, 1.165) is 0 Å². The number of nitrogen functional groups attached to an aromatic ring is 1. The quantitative estimate of drug-likeness (QED) is 0.433. The molecule has 2 rings (SSSR count). The Morgan fingerprint density at radius 1 is 1.43 bits per heavy atom. The van der Waals surface area contributed by atoms with Gasteiger partial charge in [-0.05, 0) is 0 Å². The fourth-order valence-corrected chi connectivity index (χ4v) is 1.68. The number of carbonyl (C=O) groups is 1. The second-order valence-corrected chi connectivity index (χ2v) is 4.73. The molecule has 2 heterocycles. The molecule has 0 spiro atoms. The summed E-state index contributed by atoms with van der Waals surface area (Å²) in [6.07, 6.45) is 3.49. The van der Waals surface area contributed by atoms with Gasteiger partial charge in [-0.3, -0.25) is 15.7 Å². The summed E-state index contributed by atoms with van der Waals surface area (Å²) in [5, 5.41) is 9.23. The maximum absolute atomic E-state index is 12.2. The van der Waals surface area contributed by atoms with Crippen LogP contribution in [0.4, 0.5) is 5.69 Å². The van der Waals surface area contributed by atoms with E-state index < -0.39 is 0 Å².